The smallest absolute Gasteiger partial charge is 0.308 e. The van der Waals surface area contributed by atoms with Crippen LogP contribution in [0.3, 0.4) is 0 Å². The van der Waals surface area contributed by atoms with Gasteiger partial charge in [0, 0.05) is 11.6 Å². The Hall–Kier alpha value is -2.56. The first-order valence-electron chi connectivity index (χ1n) is 8.36. The molecule has 0 saturated carbocycles. The number of halogens is 3. The number of hydrogen-bond acceptors (Lipinski definition) is 5. The highest BCUT2D eigenvalue weighted by molar-refractivity contribution is 7.86. The van der Waals surface area contributed by atoms with Gasteiger partial charge < -0.3 is 5.32 Å². The molecule has 0 bridgehead atoms. The van der Waals surface area contributed by atoms with Crippen molar-refractivity contribution in [3.05, 3.63) is 59.7 Å². The van der Waals surface area contributed by atoms with E-state index in [1.807, 2.05) is 0 Å². The largest absolute Gasteiger partial charge is 0.326 e. The van der Waals surface area contributed by atoms with Crippen molar-refractivity contribution in [3.63, 3.8) is 0 Å². The molecule has 7 nitrogen and oxygen atoms in total. The number of amides is 3. The summed E-state index contributed by atoms with van der Waals surface area (Å²) in [4.78, 5) is 23.6. The Balaban J connectivity index is 1.97. The van der Waals surface area contributed by atoms with Crippen molar-refractivity contribution in [1.29, 1.82) is 0 Å². The van der Waals surface area contributed by atoms with Gasteiger partial charge in [0.1, 0.15) is 17.2 Å². The van der Waals surface area contributed by atoms with E-state index in [-0.39, 0.29) is 17.2 Å². The summed E-state index contributed by atoms with van der Waals surface area (Å²) in [5, 5.41) is 4.04. The predicted molar refractivity (Wildman–Crippen MR) is 102 cm³/mol. The fourth-order valence-electron chi connectivity index (χ4n) is 2.18. The molecule has 2 aromatic carbocycles. The molecule has 3 amide bonds. The van der Waals surface area contributed by atoms with Crippen molar-refractivity contribution in [1.82, 2.24) is 5.32 Å². The minimum Gasteiger partial charge on any atom is -0.308 e. The number of rotatable bonds is 8. The summed E-state index contributed by atoms with van der Waals surface area (Å²) >= 11 is 5.51. The maximum Gasteiger partial charge on any atom is 0.326 e. The van der Waals surface area contributed by atoms with Crippen LogP contribution in [-0.2, 0) is 14.3 Å². The van der Waals surface area contributed by atoms with Gasteiger partial charge in [-0.1, -0.05) is 6.07 Å². The van der Waals surface area contributed by atoms with Crippen LogP contribution >= 0.6 is 11.6 Å². The Labute approximate surface area is 171 Å². The SMILES string of the molecule is O=C(NC(=O)c1c(F)cccc1F)Nc1ccc(S(=O)(=O)OCCCCCl)cc1. The number of alkyl halides is 1. The molecular weight excluding hydrogens is 430 g/mol. The van der Waals surface area contributed by atoms with E-state index in [1.54, 1.807) is 5.32 Å². The molecule has 0 unspecified atom stereocenters. The average Bonchev–Trinajstić information content (AvgIpc) is 2.65. The number of hydrogen-bond donors (Lipinski definition) is 2. The summed E-state index contributed by atoms with van der Waals surface area (Å²) in [6, 6.07) is 6.73. The van der Waals surface area contributed by atoms with E-state index in [0.717, 1.165) is 18.2 Å². The van der Waals surface area contributed by atoms with Crippen LogP contribution < -0.4 is 10.6 Å². The molecule has 29 heavy (non-hydrogen) atoms. The van der Waals surface area contributed by atoms with Gasteiger partial charge in [-0.15, -0.1) is 11.6 Å². The molecule has 0 aromatic heterocycles. The number of benzene rings is 2. The van der Waals surface area contributed by atoms with Crippen LogP contribution in [0.15, 0.2) is 47.4 Å². The molecule has 2 aromatic rings. The average molecular weight is 447 g/mol. The Morgan fingerprint density at radius 1 is 1.00 bits per heavy atom. The molecule has 0 fully saturated rings. The lowest BCUT2D eigenvalue weighted by molar-refractivity contribution is 0.0959. The zero-order valence-electron chi connectivity index (χ0n) is 15.0. The number of carbonyl (C=O) groups excluding carboxylic acids is 2. The summed E-state index contributed by atoms with van der Waals surface area (Å²) in [5.41, 5.74) is -0.749. The third-order valence-electron chi connectivity index (χ3n) is 3.58. The van der Waals surface area contributed by atoms with Gasteiger partial charge in [0.25, 0.3) is 16.0 Å². The highest BCUT2D eigenvalue weighted by Gasteiger charge is 2.19. The number of imide groups is 1. The normalized spacial score (nSPS) is 11.1. The fourth-order valence-corrected chi connectivity index (χ4v) is 3.31. The van der Waals surface area contributed by atoms with Gasteiger partial charge >= 0.3 is 6.03 Å². The predicted octanol–water partition coefficient (Wildman–Crippen LogP) is 3.65. The molecule has 0 aliphatic heterocycles. The van der Waals surface area contributed by atoms with Crippen molar-refractivity contribution < 1.29 is 31.0 Å². The van der Waals surface area contributed by atoms with Crippen LogP contribution in [-0.4, -0.2) is 32.8 Å². The summed E-state index contributed by atoms with van der Waals surface area (Å²) in [6.45, 7) is -0.00776. The molecule has 2 N–H and O–H groups in total. The zero-order valence-corrected chi connectivity index (χ0v) is 16.5. The molecule has 0 spiro atoms. The van der Waals surface area contributed by atoms with Gasteiger partial charge in [-0.25, -0.2) is 13.6 Å². The monoisotopic (exact) mass is 446 g/mol. The van der Waals surface area contributed by atoms with E-state index in [1.165, 1.54) is 24.3 Å². The van der Waals surface area contributed by atoms with Gasteiger partial charge in [0.15, 0.2) is 0 Å². The molecule has 156 valence electrons. The van der Waals surface area contributed by atoms with Crippen LogP contribution in [0, 0.1) is 11.6 Å². The Kier molecular flexibility index (Phi) is 8.06. The number of carbonyl (C=O) groups is 2. The number of anilines is 1. The Morgan fingerprint density at radius 3 is 2.21 bits per heavy atom. The molecule has 0 aliphatic rings. The minimum atomic E-state index is -3.96. The standard InChI is InChI=1S/C18H17ClF2N2O5S/c19-10-1-2-11-28-29(26,27)13-8-6-12(7-9-13)22-18(25)23-17(24)16-14(20)4-3-5-15(16)21/h3-9H,1-2,10-11H2,(H2,22,23,24,25). The summed E-state index contributed by atoms with van der Waals surface area (Å²) in [6.07, 6.45) is 1.10. The molecule has 2 rings (SSSR count). The highest BCUT2D eigenvalue weighted by Crippen LogP contribution is 2.17. The van der Waals surface area contributed by atoms with Crippen LogP contribution in [0.2, 0.25) is 0 Å². The first-order valence-corrected chi connectivity index (χ1v) is 10.3. The second kappa shape index (κ2) is 10.3. The minimum absolute atomic E-state index is 0.00776. The van der Waals surface area contributed by atoms with E-state index in [0.29, 0.717) is 18.7 Å². The first-order chi connectivity index (χ1) is 13.7. The topological polar surface area (TPSA) is 102 Å². The number of nitrogens with one attached hydrogen (secondary N) is 2. The second-order valence-corrected chi connectivity index (χ2v) is 7.69. The Morgan fingerprint density at radius 2 is 1.62 bits per heavy atom. The van der Waals surface area contributed by atoms with E-state index in [2.05, 4.69) is 5.32 Å². The molecule has 0 atom stereocenters. The van der Waals surface area contributed by atoms with E-state index in [4.69, 9.17) is 15.8 Å². The van der Waals surface area contributed by atoms with Gasteiger partial charge in [-0.05, 0) is 49.2 Å². The van der Waals surface area contributed by atoms with Crippen LogP contribution in [0.4, 0.5) is 19.3 Å². The van der Waals surface area contributed by atoms with Gasteiger partial charge in [0.2, 0.25) is 0 Å². The van der Waals surface area contributed by atoms with Gasteiger partial charge in [-0.3, -0.25) is 14.3 Å². The fraction of sp³-hybridized carbons (Fsp3) is 0.222. The molecular formula is C18H17ClF2N2O5S. The van der Waals surface area contributed by atoms with Gasteiger partial charge in [-0.2, -0.15) is 8.42 Å². The maximum absolute atomic E-state index is 13.6. The highest BCUT2D eigenvalue weighted by atomic mass is 35.5. The van der Waals surface area contributed by atoms with E-state index < -0.39 is 39.3 Å². The molecule has 0 saturated heterocycles. The van der Waals surface area contributed by atoms with Gasteiger partial charge in [0.05, 0.1) is 11.5 Å². The lowest BCUT2D eigenvalue weighted by atomic mass is 10.2. The third-order valence-corrected chi connectivity index (χ3v) is 5.18. The quantitative estimate of drug-likeness (QED) is 0.366. The van der Waals surface area contributed by atoms with Crippen molar-refractivity contribution >= 4 is 39.3 Å². The molecule has 0 aliphatic carbocycles. The first kappa shape index (κ1) is 22.7. The number of urea groups is 1. The van der Waals surface area contributed by atoms with Crippen LogP contribution in [0.5, 0.6) is 0 Å². The molecule has 0 radical (unpaired) electrons. The van der Waals surface area contributed by atoms with E-state index >= 15 is 0 Å². The number of unbranched alkanes of at least 4 members (excludes halogenated alkanes) is 1. The van der Waals surface area contributed by atoms with E-state index in [9.17, 15) is 26.8 Å². The zero-order chi connectivity index (χ0) is 21.4. The third kappa shape index (κ3) is 6.48. The maximum atomic E-state index is 13.6. The second-order valence-electron chi connectivity index (χ2n) is 5.70. The summed E-state index contributed by atoms with van der Waals surface area (Å²) in [5.74, 6) is -3.09. The van der Waals surface area contributed by atoms with Crippen molar-refractivity contribution in [3.8, 4) is 0 Å². The lowest BCUT2D eigenvalue weighted by Crippen LogP contribution is -2.35. The molecule has 0 heterocycles. The van der Waals surface area contributed by atoms with Crippen LogP contribution in [0.1, 0.15) is 23.2 Å². The van der Waals surface area contributed by atoms with Crippen molar-refractivity contribution in [2.75, 3.05) is 17.8 Å². The Bertz CT molecular complexity index is 964. The summed E-state index contributed by atoms with van der Waals surface area (Å²) in [7, 11) is -3.96. The van der Waals surface area contributed by atoms with Crippen LogP contribution in [0.25, 0.3) is 0 Å². The van der Waals surface area contributed by atoms with Crippen molar-refractivity contribution in [2.24, 2.45) is 0 Å². The molecule has 11 heteroatoms. The van der Waals surface area contributed by atoms with Crippen molar-refractivity contribution in [2.45, 2.75) is 17.7 Å². The summed E-state index contributed by atoms with van der Waals surface area (Å²) < 4.78 is 56.0. The lowest BCUT2D eigenvalue weighted by Gasteiger charge is -2.09.